The molecule has 12 heavy (non-hydrogen) atoms. The zero-order valence-corrected chi connectivity index (χ0v) is 8.15. The Morgan fingerprint density at radius 2 is 2.50 bits per heavy atom. The Hall–Kier alpha value is -0.630. The van der Waals surface area contributed by atoms with Gasteiger partial charge in [0.15, 0.2) is 0 Å². The van der Waals surface area contributed by atoms with Gasteiger partial charge in [-0.3, -0.25) is 0 Å². The summed E-state index contributed by atoms with van der Waals surface area (Å²) in [5.74, 6) is 0.254. The lowest BCUT2D eigenvalue weighted by molar-refractivity contribution is 0.561. The summed E-state index contributed by atoms with van der Waals surface area (Å²) in [6.07, 6.45) is 1.52. The molecule has 0 aliphatic rings. The second-order valence-corrected chi connectivity index (χ2v) is 4.22. The molecule has 0 bridgehead atoms. The highest BCUT2D eigenvalue weighted by Crippen LogP contribution is 2.27. The van der Waals surface area contributed by atoms with Crippen LogP contribution in [0.4, 0.5) is 0 Å². The van der Waals surface area contributed by atoms with Crippen LogP contribution in [0.1, 0.15) is 17.7 Å². The van der Waals surface area contributed by atoms with Crippen LogP contribution in [-0.4, -0.2) is 12.6 Å². The molecule has 0 spiro atoms. The van der Waals surface area contributed by atoms with Crippen LogP contribution in [-0.2, 0) is 4.79 Å². The summed E-state index contributed by atoms with van der Waals surface area (Å²) in [6, 6.07) is 3.81. The Bertz CT molecular complexity index is 304. The molecule has 0 aliphatic heterocycles. The summed E-state index contributed by atoms with van der Waals surface area (Å²) in [6.45, 7) is 2.49. The van der Waals surface area contributed by atoms with Crippen molar-refractivity contribution in [3.8, 4) is 0 Å². The second-order valence-electron chi connectivity index (χ2n) is 2.47. The fraction of sp³-hybridized carbons (Fsp3) is 0.375. The molecule has 1 aromatic heterocycles. The fourth-order valence-electron chi connectivity index (χ4n) is 0.857. The average molecular weight is 202 g/mol. The molecule has 0 amide bonds. The highest BCUT2D eigenvalue weighted by molar-refractivity contribution is 7.16. The van der Waals surface area contributed by atoms with E-state index in [9.17, 15) is 4.79 Å². The molecular formula is C8H8ClNOS. The van der Waals surface area contributed by atoms with Gasteiger partial charge in [-0.15, -0.1) is 11.3 Å². The van der Waals surface area contributed by atoms with E-state index in [0.29, 0.717) is 6.54 Å². The van der Waals surface area contributed by atoms with Crippen LogP contribution in [0, 0.1) is 0 Å². The molecule has 0 saturated heterocycles. The van der Waals surface area contributed by atoms with E-state index >= 15 is 0 Å². The minimum atomic E-state index is 0.254. The Kier molecular flexibility index (Phi) is 3.48. The topological polar surface area (TPSA) is 29.4 Å². The molecule has 1 aromatic rings. The molecule has 1 heterocycles. The minimum absolute atomic E-state index is 0.254. The number of aliphatic imine (C=N–C) groups is 1. The first-order valence-corrected chi connectivity index (χ1v) is 4.72. The number of hydrogen-bond acceptors (Lipinski definition) is 3. The first-order chi connectivity index (χ1) is 5.74. The Morgan fingerprint density at radius 1 is 1.75 bits per heavy atom. The summed E-state index contributed by atoms with van der Waals surface area (Å²) in [5, 5.41) is 0. The van der Waals surface area contributed by atoms with Crippen molar-refractivity contribution in [2.24, 2.45) is 4.99 Å². The number of nitrogens with zero attached hydrogens (tertiary/aromatic N) is 1. The molecule has 1 rings (SSSR count). The molecule has 0 N–H and O–H groups in total. The summed E-state index contributed by atoms with van der Waals surface area (Å²) in [4.78, 5) is 14.5. The molecule has 0 saturated carbocycles. The molecule has 0 aromatic carbocycles. The van der Waals surface area contributed by atoms with E-state index in [0.717, 1.165) is 9.21 Å². The smallest absolute Gasteiger partial charge is 0.211 e. The lowest BCUT2D eigenvalue weighted by Crippen LogP contribution is -1.93. The fourth-order valence-corrected chi connectivity index (χ4v) is 1.96. The molecule has 4 heteroatoms. The largest absolute Gasteiger partial charge is 0.234 e. The molecule has 2 nitrogen and oxygen atoms in total. The summed E-state index contributed by atoms with van der Waals surface area (Å²) in [7, 11) is 0. The van der Waals surface area contributed by atoms with Gasteiger partial charge in [-0.1, -0.05) is 18.5 Å². The van der Waals surface area contributed by atoms with E-state index < -0.39 is 0 Å². The van der Waals surface area contributed by atoms with Gasteiger partial charge < -0.3 is 0 Å². The number of halogens is 1. The predicted molar refractivity (Wildman–Crippen MR) is 50.7 cm³/mol. The second kappa shape index (κ2) is 4.41. The van der Waals surface area contributed by atoms with Crippen molar-refractivity contribution in [2.75, 3.05) is 6.54 Å². The van der Waals surface area contributed by atoms with E-state index in [1.807, 2.05) is 19.1 Å². The van der Waals surface area contributed by atoms with Crippen LogP contribution in [0.2, 0.25) is 4.34 Å². The lowest BCUT2D eigenvalue weighted by Gasteiger charge is -2.01. The monoisotopic (exact) mass is 201 g/mol. The van der Waals surface area contributed by atoms with Gasteiger partial charge in [-0.2, -0.15) is 0 Å². The first kappa shape index (κ1) is 9.46. The molecule has 64 valence electrons. The van der Waals surface area contributed by atoms with Gasteiger partial charge in [0.1, 0.15) is 0 Å². The first-order valence-electron chi connectivity index (χ1n) is 3.53. The molecule has 0 fully saturated rings. The number of thiophene rings is 1. The highest BCUT2D eigenvalue weighted by atomic mass is 35.5. The summed E-state index contributed by atoms with van der Waals surface area (Å²) >= 11 is 7.27. The predicted octanol–water partition coefficient (Wildman–Crippen LogP) is 2.84. The van der Waals surface area contributed by atoms with Gasteiger partial charge in [0, 0.05) is 10.8 Å². The lowest BCUT2D eigenvalue weighted by atomic mass is 10.1. The van der Waals surface area contributed by atoms with Crippen molar-refractivity contribution in [3.05, 3.63) is 21.3 Å². The van der Waals surface area contributed by atoms with Crippen molar-refractivity contribution in [2.45, 2.75) is 12.8 Å². The maximum absolute atomic E-state index is 9.83. The van der Waals surface area contributed by atoms with Gasteiger partial charge in [0.25, 0.3) is 0 Å². The Labute approximate surface area is 79.9 Å². The van der Waals surface area contributed by atoms with Crippen molar-refractivity contribution in [3.63, 3.8) is 0 Å². The third-order valence-corrected chi connectivity index (χ3v) is 2.97. The van der Waals surface area contributed by atoms with Gasteiger partial charge in [0.2, 0.25) is 6.08 Å². The number of rotatable bonds is 3. The SMILES string of the molecule is CC(CN=C=O)c1ccc(Cl)s1. The maximum Gasteiger partial charge on any atom is 0.234 e. The van der Waals surface area contributed by atoms with Crippen molar-refractivity contribution in [1.82, 2.24) is 0 Å². The van der Waals surface area contributed by atoms with Gasteiger partial charge >= 0.3 is 0 Å². The van der Waals surface area contributed by atoms with Crippen LogP contribution in [0.25, 0.3) is 0 Å². The van der Waals surface area contributed by atoms with Crippen LogP contribution < -0.4 is 0 Å². The van der Waals surface area contributed by atoms with Crippen molar-refractivity contribution < 1.29 is 4.79 Å². The summed E-state index contributed by atoms with van der Waals surface area (Å²) < 4.78 is 0.770. The number of hydrogen-bond donors (Lipinski definition) is 0. The summed E-state index contributed by atoms with van der Waals surface area (Å²) in [5.41, 5.74) is 0. The normalized spacial score (nSPS) is 12.2. The number of isocyanates is 1. The van der Waals surface area contributed by atoms with E-state index in [4.69, 9.17) is 11.6 Å². The van der Waals surface area contributed by atoms with Crippen LogP contribution in [0.3, 0.4) is 0 Å². The van der Waals surface area contributed by atoms with Gasteiger partial charge in [-0.25, -0.2) is 9.79 Å². The zero-order valence-electron chi connectivity index (χ0n) is 6.58. The van der Waals surface area contributed by atoms with Crippen molar-refractivity contribution >= 4 is 29.0 Å². The van der Waals surface area contributed by atoms with E-state index in [-0.39, 0.29) is 5.92 Å². The molecular weight excluding hydrogens is 194 g/mol. The average Bonchev–Trinajstić information content (AvgIpc) is 2.47. The van der Waals surface area contributed by atoms with Crippen LogP contribution in [0.15, 0.2) is 17.1 Å². The van der Waals surface area contributed by atoms with Crippen LogP contribution in [0.5, 0.6) is 0 Å². The standard InChI is InChI=1S/C8H8ClNOS/c1-6(4-10-5-11)7-2-3-8(9)12-7/h2-3,6H,4H2,1H3. The van der Waals surface area contributed by atoms with E-state index in [2.05, 4.69) is 4.99 Å². The van der Waals surface area contributed by atoms with Gasteiger partial charge in [-0.05, 0) is 12.1 Å². The molecule has 1 atom stereocenters. The quantitative estimate of drug-likeness (QED) is 0.546. The zero-order chi connectivity index (χ0) is 8.97. The Balaban J connectivity index is 2.64. The van der Waals surface area contributed by atoms with E-state index in [1.165, 1.54) is 17.4 Å². The minimum Gasteiger partial charge on any atom is -0.211 e. The number of carbonyl (C=O) groups excluding carboxylic acids is 1. The highest BCUT2D eigenvalue weighted by Gasteiger charge is 2.06. The molecule has 0 radical (unpaired) electrons. The molecule has 0 aliphatic carbocycles. The van der Waals surface area contributed by atoms with Crippen LogP contribution >= 0.6 is 22.9 Å². The molecule has 1 unspecified atom stereocenters. The third-order valence-electron chi connectivity index (χ3n) is 1.51. The van der Waals surface area contributed by atoms with Gasteiger partial charge in [0.05, 0.1) is 10.9 Å². The van der Waals surface area contributed by atoms with Crippen molar-refractivity contribution in [1.29, 1.82) is 0 Å². The third kappa shape index (κ3) is 2.45. The Morgan fingerprint density at radius 3 is 3.00 bits per heavy atom. The van der Waals surface area contributed by atoms with E-state index in [1.54, 1.807) is 0 Å². The maximum atomic E-state index is 9.83.